The fraction of sp³-hybridized carbons (Fsp3) is 0.238. The van der Waals surface area contributed by atoms with E-state index < -0.39 is 5.63 Å². The monoisotopic (exact) mass is 351 g/mol. The van der Waals surface area contributed by atoms with Crippen LogP contribution in [0.15, 0.2) is 57.7 Å². The van der Waals surface area contributed by atoms with Crippen molar-refractivity contribution in [2.75, 3.05) is 12.4 Å². The number of nitrogens with one attached hydrogen (secondary N) is 1. The first kappa shape index (κ1) is 17.7. The second-order valence-electron chi connectivity index (χ2n) is 6.08. The maximum atomic E-state index is 12.4. The molecule has 0 aliphatic rings. The van der Waals surface area contributed by atoms with Gasteiger partial charge in [0.05, 0.1) is 7.11 Å². The maximum absolute atomic E-state index is 12.4. The molecule has 0 saturated heterocycles. The van der Waals surface area contributed by atoms with Crippen molar-refractivity contribution in [2.24, 2.45) is 0 Å². The normalized spacial score (nSPS) is 10.7. The van der Waals surface area contributed by atoms with Crippen LogP contribution in [0.4, 0.5) is 5.69 Å². The summed E-state index contributed by atoms with van der Waals surface area (Å²) in [6, 6.07) is 14.3. The molecule has 1 N–H and O–H groups in total. The van der Waals surface area contributed by atoms with Crippen molar-refractivity contribution in [3.63, 3.8) is 0 Å². The highest BCUT2D eigenvalue weighted by Gasteiger charge is 2.13. The molecule has 2 aromatic carbocycles. The number of amides is 1. The zero-order valence-corrected chi connectivity index (χ0v) is 14.9. The first-order chi connectivity index (χ1) is 12.6. The number of rotatable bonds is 6. The molecule has 0 spiro atoms. The van der Waals surface area contributed by atoms with Crippen molar-refractivity contribution in [1.82, 2.24) is 0 Å². The van der Waals surface area contributed by atoms with Crippen molar-refractivity contribution in [1.29, 1.82) is 0 Å². The van der Waals surface area contributed by atoms with Gasteiger partial charge < -0.3 is 14.5 Å². The van der Waals surface area contributed by atoms with Gasteiger partial charge in [-0.25, -0.2) is 4.79 Å². The Morgan fingerprint density at radius 3 is 2.62 bits per heavy atom. The minimum absolute atomic E-state index is 0.103. The standard InChI is InChI=1S/C21H21NO4/c1-3-4-6-14-9-11-15(12-10-14)20(23)22-17-13-16-7-5-8-18(25-2)19(16)26-21(17)24/h5,7-13H,3-4,6H2,1-2H3,(H,22,23). The number of hydrogen-bond acceptors (Lipinski definition) is 4. The van der Waals surface area contributed by atoms with Crippen LogP contribution in [0.2, 0.25) is 0 Å². The van der Waals surface area contributed by atoms with E-state index in [0.717, 1.165) is 19.3 Å². The molecule has 1 heterocycles. The third-order valence-electron chi connectivity index (χ3n) is 4.23. The average molecular weight is 351 g/mol. The number of ether oxygens (including phenoxy) is 1. The third-order valence-corrected chi connectivity index (χ3v) is 4.23. The summed E-state index contributed by atoms with van der Waals surface area (Å²) in [5.41, 5.74) is 1.54. The van der Waals surface area contributed by atoms with Gasteiger partial charge in [-0.2, -0.15) is 0 Å². The summed E-state index contributed by atoms with van der Waals surface area (Å²) >= 11 is 0. The number of fused-ring (bicyclic) bond motifs is 1. The molecule has 3 rings (SSSR count). The Labute approximate surface area is 151 Å². The van der Waals surface area contributed by atoms with E-state index in [1.807, 2.05) is 12.1 Å². The number of anilines is 1. The predicted octanol–water partition coefficient (Wildman–Crippen LogP) is 4.40. The highest BCUT2D eigenvalue weighted by atomic mass is 16.5. The lowest BCUT2D eigenvalue weighted by atomic mass is 10.1. The molecule has 5 heteroatoms. The first-order valence-corrected chi connectivity index (χ1v) is 8.63. The van der Waals surface area contributed by atoms with Gasteiger partial charge >= 0.3 is 5.63 Å². The number of carbonyl (C=O) groups is 1. The van der Waals surface area contributed by atoms with Crippen LogP contribution >= 0.6 is 0 Å². The molecule has 26 heavy (non-hydrogen) atoms. The van der Waals surface area contributed by atoms with Crippen LogP contribution in [-0.2, 0) is 6.42 Å². The molecule has 0 radical (unpaired) electrons. The topological polar surface area (TPSA) is 68.5 Å². The smallest absolute Gasteiger partial charge is 0.360 e. The molecule has 1 amide bonds. The van der Waals surface area contributed by atoms with E-state index in [0.29, 0.717) is 22.3 Å². The molecular weight excluding hydrogens is 330 g/mol. The second-order valence-corrected chi connectivity index (χ2v) is 6.08. The van der Waals surface area contributed by atoms with Crippen molar-refractivity contribution in [2.45, 2.75) is 26.2 Å². The van der Waals surface area contributed by atoms with Crippen molar-refractivity contribution >= 4 is 22.6 Å². The van der Waals surface area contributed by atoms with Gasteiger partial charge in [0.25, 0.3) is 5.91 Å². The average Bonchev–Trinajstić information content (AvgIpc) is 2.66. The molecule has 5 nitrogen and oxygen atoms in total. The van der Waals surface area contributed by atoms with E-state index >= 15 is 0 Å². The van der Waals surface area contributed by atoms with E-state index in [1.54, 1.807) is 36.4 Å². The SMILES string of the molecule is CCCCc1ccc(C(=O)Nc2cc3cccc(OC)c3oc2=O)cc1. The van der Waals surface area contributed by atoms with E-state index in [9.17, 15) is 9.59 Å². The van der Waals surface area contributed by atoms with Crippen LogP contribution in [0.5, 0.6) is 5.75 Å². The van der Waals surface area contributed by atoms with Gasteiger partial charge in [0, 0.05) is 10.9 Å². The molecule has 0 unspecified atom stereocenters. The Bertz CT molecular complexity index is 973. The number of aryl methyl sites for hydroxylation is 1. The molecule has 0 aliphatic carbocycles. The Morgan fingerprint density at radius 1 is 1.15 bits per heavy atom. The first-order valence-electron chi connectivity index (χ1n) is 8.63. The van der Waals surface area contributed by atoms with Gasteiger partial charge in [0.2, 0.25) is 0 Å². The summed E-state index contributed by atoms with van der Waals surface area (Å²) in [5, 5.41) is 3.31. The van der Waals surface area contributed by atoms with E-state index in [4.69, 9.17) is 9.15 Å². The summed E-state index contributed by atoms with van der Waals surface area (Å²) in [5.74, 6) is 0.127. The Kier molecular flexibility index (Phi) is 5.37. The van der Waals surface area contributed by atoms with Crippen molar-refractivity contribution < 1.29 is 13.9 Å². The molecule has 0 bridgehead atoms. The zero-order chi connectivity index (χ0) is 18.5. The Morgan fingerprint density at radius 2 is 1.92 bits per heavy atom. The summed E-state index contributed by atoms with van der Waals surface area (Å²) in [7, 11) is 1.51. The number of hydrogen-bond donors (Lipinski definition) is 1. The number of carbonyl (C=O) groups excluding carboxylic acids is 1. The van der Waals surface area contributed by atoms with Crippen molar-refractivity contribution in [3.8, 4) is 5.75 Å². The molecule has 0 atom stereocenters. The number of unbranched alkanes of at least 4 members (excludes halogenated alkanes) is 1. The molecule has 134 valence electrons. The Hall–Kier alpha value is -3.08. The van der Waals surface area contributed by atoms with E-state index in [1.165, 1.54) is 12.7 Å². The van der Waals surface area contributed by atoms with Gasteiger partial charge in [0.15, 0.2) is 11.3 Å². The summed E-state index contributed by atoms with van der Waals surface area (Å²) < 4.78 is 10.5. The summed E-state index contributed by atoms with van der Waals surface area (Å²) in [6.45, 7) is 2.15. The Balaban J connectivity index is 1.83. The molecule has 3 aromatic rings. The predicted molar refractivity (Wildman–Crippen MR) is 102 cm³/mol. The van der Waals surface area contributed by atoms with E-state index in [2.05, 4.69) is 12.2 Å². The second kappa shape index (κ2) is 7.87. The van der Waals surface area contributed by atoms with Gasteiger partial charge in [-0.15, -0.1) is 0 Å². The van der Waals surface area contributed by atoms with Crippen LogP contribution in [0.25, 0.3) is 11.0 Å². The third kappa shape index (κ3) is 3.77. The van der Waals surface area contributed by atoms with Crippen LogP contribution in [0.1, 0.15) is 35.7 Å². The summed E-state index contributed by atoms with van der Waals surface area (Å²) in [6.07, 6.45) is 3.24. The van der Waals surface area contributed by atoms with Gasteiger partial charge in [-0.05, 0) is 42.7 Å². The van der Waals surface area contributed by atoms with Gasteiger partial charge in [-0.1, -0.05) is 37.6 Å². The van der Waals surface area contributed by atoms with E-state index in [-0.39, 0.29) is 11.6 Å². The zero-order valence-electron chi connectivity index (χ0n) is 14.9. The fourth-order valence-electron chi connectivity index (χ4n) is 2.76. The highest BCUT2D eigenvalue weighted by Crippen LogP contribution is 2.25. The molecule has 0 saturated carbocycles. The number of para-hydroxylation sites is 1. The van der Waals surface area contributed by atoms with Crippen molar-refractivity contribution in [3.05, 3.63) is 70.1 Å². The fourth-order valence-corrected chi connectivity index (χ4v) is 2.76. The minimum Gasteiger partial charge on any atom is -0.493 e. The van der Waals surface area contributed by atoms with Gasteiger partial charge in [-0.3, -0.25) is 4.79 Å². The minimum atomic E-state index is -0.616. The lowest BCUT2D eigenvalue weighted by molar-refractivity contribution is 0.102. The van der Waals surface area contributed by atoms with Crippen LogP contribution in [-0.4, -0.2) is 13.0 Å². The lowest BCUT2D eigenvalue weighted by Crippen LogP contribution is -2.17. The lowest BCUT2D eigenvalue weighted by Gasteiger charge is -2.08. The quantitative estimate of drug-likeness (QED) is 0.669. The molecular formula is C21H21NO4. The summed E-state index contributed by atoms with van der Waals surface area (Å²) in [4.78, 5) is 24.6. The van der Waals surface area contributed by atoms with Crippen LogP contribution in [0, 0.1) is 0 Å². The highest BCUT2D eigenvalue weighted by molar-refractivity contribution is 6.04. The molecule has 1 aromatic heterocycles. The molecule has 0 fully saturated rings. The maximum Gasteiger partial charge on any atom is 0.360 e. The number of benzene rings is 2. The largest absolute Gasteiger partial charge is 0.493 e. The van der Waals surface area contributed by atoms with Crippen LogP contribution < -0.4 is 15.7 Å². The van der Waals surface area contributed by atoms with Crippen LogP contribution in [0.3, 0.4) is 0 Å². The number of methoxy groups -OCH3 is 1. The molecule has 0 aliphatic heterocycles. The van der Waals surface area contributed by atoms with Gasteiger partial charge in [0.1, 0.15) is 5.69 Å².